The summed E-state index contributed by atoms with van der Waals surface area (Å²) in [5.74, 6) is 0.907. The van der Waals surface area contributed by atoms with Crippen LogP contribution in [-0.2, 0) is 0 Å². The Morgan fingerprint density at radius 1 is 1.29 bits per heavy atom. The lowest BCUT2D eigenvalue weighted by Gasteiger charge is -1.90. The molecule has 0 fully saturated rings. The number of nitrogens with zero attached hydrogens (tertiary/aromatic N) is 2. The van der Waals surface area contributed by atoms with Crippen LogP contribution < -0.4 is 0 Å². The van der Waals surface area contributed by atoms with Crippen LogP contribution in [0.2, 0.25) is 0 Å². The summed E-state index contributed by atoms with van der Waals surface area (Å²) in [5.41, 5.74) is 1.58. The van der Waals surface area contributed by atoms with E-state index < -0.39 is 0 Å². The summed E-state index contributed by atoms with van der Waals surface area (Å²) in [6.07, 6.45) is 1.61. The maximum absolute atomic E-state index is 5.89. The number of rotatable bonds is 2. The standard InChI is InChI=1S/C12H9ClN2O2/c1-7(13)11-14-12(17-15-11)9-6-16-10-5-3-2-4-8(9)10/h2-7H,1H3. The van der Waals surface area contributed by atoms with Crippen molar-refractivity contribution < 1.29 is 8.94 Å². The SMILES string of the molecule is CC(Cl)c1noc(-c2coc3ccccc23)n1. The third-order valence-corrected chi connectivity index (χ3v) is 2.70. The number of alkyl halides is 1. The Kier molecular flexibility index (Phi) is 2.37. The van der Waals surface area contributed by atoms with Gasteiger partial charge in [-0.05, 0) is 13.0 Å². The van der Waals surface area contributed by atoms with Crippen molar-refractivity contribution in [3.63, 3.8) is 0 Å². The Hall–Kier alpha value is -1.81. The zero-order valence-electron chi connectivity index (χ0n) is 9.05. The van der Waals surface area contributed by atoms with E-state index in [1.165, 1.54) is 0 Å². The Bertz CT molecular complexity index is 657. The van der Waals surface area contributed by atoms with Gasteiger partial charge in [-0.1, -0.05) is 23.4 Å². The molecule has 0 aliphatic carbocycles. The summed E-state index contributed by atoms with van der Waals surface area (Å²) in [4.78, 5) is 4.23. The monoisotopic (exact) mass is 248 g/mol. The number of halogens is 1. The normalized spacial score (nSPS) is 13.1. The highest BCUT2D eigenvalue weighted by Gasteiger charge is 2.16. The number of aromatic nitrogens is 2. The first-order valence-electron chi connectivity index (χ1n) is 5.20. The average Bonchev–Trinajstić information content (AvgIpc) is 2.95. The highest BCUT2D eigenvalue weighted by molar-refractivity contribution is 6.20. The Labute approximate surface area is 102 Å². The summed E-state index contributed by atoms with van der Waals surface area (Å²) in [7, 11) is 0. The van der Waals surface area contributed by atoms with Gasteiger partial charge < -0.3 is 8.94 Å². The van der Waals surface area contributed by atoms with Crippen LogP contribution in [0.3, 0.4) is 0 Å². The highest BCUT2D eigenvalue weighted by atomic mass is 35.5. The smallest absolute Gasteiger partial charge is 0.261 e. The molecule has 1 atom stereocenters. The van der Waals surface area contributed by atoms with Gasteiger partial charge in [-0.2, -0.15) is 4.98 Å². The van der Waals surface area contributed by atoms with Gasteiger partial charge in [0.1, 0.15) is 11.8 Å². The van der Waals surface area contributed by atoms with Gasteiger partial charge in [0, 0.05) is 5.39 Å². The molecule has 4 nitrogen and oxygen atoms in total. The van der Waals surface area contributed by atoms with Crippen molar-refractivity contribution in [3.05, 3.63) is 36.4 Å². The molecule has 0 bridgehead atoms. The van der Waals surface area contributed by atoms with Crippen molar-refractivity contribution in [1.82, 2.24) is 10.1 Å². The van der Waals surface area contributed by atoms with E-state index in [0.29, 0.717) is 11.7 Å². The summed E-state index contributed by atoms with van der Waals surface area (Å²) in [5, 5.41) is 4.50. The number of furan rings is 1. The predicted octanol–water partition coefficient (Wildman–Crippen LogP) is 3.78. The molecule has 0 amide bonds. The van der Waals surface area contributed by atoms with Crippen LogP contribution in [0, 0.1) is 0 Å². The fourth-order valence-corrected chi connectivity index (χ4v) is 1.74. The molecule has 17 heavy (non-hydrogen) atoms. The lowest BCUT2D eigenvalue weighted by Crippen LogP contribution is -1.86. The van der Waals surface area contributed by atoms with Gasteiger partial charge in [0.05, 0.1) is 10.9 Å². The Balaban J connectivity index is 2.14. The van der Waals surface area contributed by atoms with E-state index in [9.17, 15) is 0 Å². The van der Waals surface area contributed by atoms with Crippen molar-refractivity contribution >= 4 is 22.6 Å². The van der Waals surface area contributed by atoms with Crippen LogP contribution in [0.15, 0.2) is 39.5 Å². The summed E-state index contributed by atoms with van der Waals surface area (Å²) < 4.78 is 10.6. The fraction of sp³-hybridized carbons (Fsp3) is 0.167. The van der Waals surface area contributed by atoms with E-state index in [1.807, 2.05) is 24.3 Å². The first kappa shape index (κ1) is 10.4. The minimum Gasteiger partial charge on any atom is -0.463 e. The van der Waals surface area contributed by atoms with Crippen molar-refractivity contribution in [2.24, 2.45) is 0 Å². The van der Waals surface area contributed by atoms with Gasteiger partial charge in [0.15, 0.2) is 5.82 Å². The minimum absolute atomic E-state index is 0.273. The molecule has 0 aliphatic heterocycles. The highest BCUT2D eigenvalue weighted by Crippen LogP contribution is 2.30. The molecule has 2 aromatic heterocycles. The van der Waals surface area contributed by atoms with Crippen molar-refractivity contribution in [2.75, 3.05) is 0 Å². The second-order valence-corrected chi connectivity index (χ2v) is 4.37. The van der Waals surface area contributed by atoms with E-state index in [1.54, 1.807) is 13.2 Å². The minimum atomic E-state index is -0.273. The molecule has 0 aliphatic rings. The van der Waals surface area contributed by atoms with E-state index in [-0.39, 0.29) is 5.38 Å². The third-order valence-electron chi connectivity index (χ3n) is 2.51. The molecule has 86 valence electrons. The van der Waals surface area contributed by atoms with Crippen LogP contribution in [0.5, 0.6) is 0 Å². The first-order valence-corrected chi connectivity index (χ1v) is 5.63. The number of hydrogen-bond donors (Lipinski definition) is 0. The number of para-hydroxylation sites is 1. The van der Waals surface area contributed by atoms with Gasteiger partial charge in [-0.15, -0.1) is 11.6 Å². The largest absolute Gasteiger partial charge is 0.463 e. The first-order chi connectivity index (χ1) is 8.25. The fourth-order valence-electron chi connectivity index (χ4n) is 1.65. The quantitative estimate of drug-likeness (QED) is 0.648. The van der Waals surface area contributed by atoms with E-state index >= 15 is 0 Å². The number of benzene rings is 1. The molecular formula is C12H9ClN2O2. The lowest BCUT2D eigenvalue weighted by molar-refractivity contribution is 0.422. The van der Waals surface area contributed by atoms with Gasteiger partial charge in [0.25, 0.3) is 5.89 Å². The van der Waals surface area contributed by atoms with Gasteiger partial charge in [-0.3, -0.25) is 0 Å². The van der Waals surface area contributed by atoms with Crippen LogP contribution >= 0.6 is 11.6 Å². The third kappa shape index (κ3) is 1.70. The molecule has 0 N–H and O–H groups in total. The molecule has 3 rings (SSSR count). The van der Waals surface area contributed by atoms with Crippen LogP contribution in [0.1, 0.15) is 18.1 Å². The maximum Gasteiger partial charge on any atom is 0.261 e. The molecule has 0 saturated heterocycles. The molecule has 0 radical (unpaired) electrons. The van der Waals surface area contributed by atoms with Gasteiger partial charge in [0.2, 0.25) is 0 Å². The molecular weight excluding hydrogens is 240 g/mol. The van der Waals surface area contributed by atoms with Crippen molar-refractivity contribution in [2.45, 2.75) is 12.3 Å². The Morgan fingerprint density at radius 2 is 2.12 bits per heavy atom. The van der Waals surface area contributed by atoms with E-state index in [2.05, 4.69) is 10.1 Å². The summed E-state index contributed by atoms with van der Waals surface area (Å²) >= 11 is 5.89. The Morgan fingerprint density at radius 3 is 2.88 bits per heavy atom. The van der Waals surface area contributed by atoms with Crippen LogP contribution in [-0.4, -0.2) is 10.1 Å². The maximum atomic E-state index is 5.89. The molecule has 0 spiro atoms. The predicted molar refractivity (Wildman–Crippen MR) is 63.8 cm³/mol. The second kappa shape index (κ2) is 3.89. The zero-order chi connectivity index (χ0) is 11.8. The zero-order valence-corrected chi connectivity index (χ0v) is 9.81. The van der Waals surface area contributed by atoms with Crippen molar-refractivity contribution in [1.29, 1.82) is 0 Å². The molecule has 2 heterocycles. The van der Waals surface area contributed by atoms with E-state index in [0.717, 1.165) is 16.5 Å². The van der Waals surface area contributed by atoms with E-state index in [4.69, 9.17) is 20.5 Å². The van der Waals surface area contributed by atoms with Crippen LogP contribution in [0.25, 0.3) is 22.4 Å². The topological polar surface area (TPSA) is 52.1 Å². The molecule has 1 aromatic carbocycles. The lowest BCUT2D eigenvalue weighted by atomic mass is 10.2. The number of fused-ring (bicyclic) bond motifs is 1. The molecule has 0 saturated carbocycles. The average molecular weight is 249 g/mol. The number of hydrogen-bond acceptors (Lipinski definition) is 4. The van der Waals surface area contributed by atoms with Crippen LogP contribution in [0.4, 0.5) is 0 Å². The molecule has 5 heteroatoms. The second-order valence-electron chi connectivity index (χ2n) is 3.72. The molecule has 3 aromatic rings. The summed E-state index contributed by atoms with van der Waals surface area (Å²) in [6, 6.07) is 7.68. The van der Waals surface area contributed by atoms with Crippen molar-refractivity contribution in [3.8, 4) is 11.5 Å². The molecule has 1 unspecified atom stereocenters. The van der Waals surface area contributed by atoms with Gasteiger partial charge in [-0.25, -0.2) is 0 Å². The van der Waals surface area contributed by atoms with Gasteiger partial charge >= 0.3 is 0 Å². The summed E-state index contributed by atoms with van der Waals surface area (Å²) in [6.45, 7) is 1.80.